The molecule has 3 N–H and O–H groups in total. The first-order chi connectivity index (χ1) is 8.99. The van der Waals surface area contributed by atoms with E-state index in [1.807, 2.05) is 26.0 Å². The van der Waals surface area contributed by atoms with Crippen LogP contribution in [0.3, 0.4) is 0 Å². The van der Waals surface area contributed by atoms with Crippen molar-refractivity contribution in [2.24, 2.45) is 0 Å². The molecule has 1 aromatic rings. The van der Waals surface area contributed by atoms with Crippen molar-refractivity contribution >= 4 is 0 Å². The summed E-state index contributed by atoms with van der Waals surface area (Å²) in [4.78, 5) is 0. The molecule has 108 valence electrons. The molecule has 1 unspecified atom stereocenters. The predicted molar refractivity (Wildman–Crippen MR) is 79.4 cm³/mol. The van der Waals surface area contributed by atoms with Crippen LogP contribution in [0.1, 0.15) is 45.6 Å². The number of phenols is 1. The third kappa shape index (κ3) is 5.62. The summed E-state index contributed by atoms with van der Waals surface area (Å²) in [6.45, 7) is 6.83. The van der Waals surface area contributed by atoms with Crippen LogP contribution in [0, 0.1) is 0 Å². The lowest BCUT2D eigenvalue weighted by molar-refractivity contribution is 0.0301. The molecule has 0 spiro atoms. The van der Waals surface area contributed by atoms with E-state index >= 15 is 0 Å². The fourth-order valence-corrected chi connectivity index (χ4v) is 2.01. The molecule has 0 aliphatic rings. The van der Waals surface area contributed by atoms with Gasteiger partial charge in [0.1, 0.15) is 5.75 Å². The van der Waals surface area contributed by atoms with Crippen molar-refractivity contribution in [1.29, 1.82) is 0 Å². The van der Waals surface area contributed by atoms with Gasteiger partial charge in [-0.15, -0.1) is 0 Å². The van der Waals surface area contributed by atoms with E-state index in [1.165, 1.54) is 5.56 Å². The quantitative estimate of drug-likeness (QED) is 0.677. The van der Waals surface area contributed by atoms with Crippen molar-refractivity contribution in [2.75, 3.05) is 6.54 Å². The largest absolute Gasteiger partial charge is 0.508 e. The van der Waals surface area contributed by atoms with Crippen LogP contribution in [0.15, 0.2) is 24.3 Å². The summed E-state index contributed by atoms with van der Waals surface area (Å²) in [6, 6.07) is 7.73. The summed E-state index contributed by atoms with van der Waals surface area (Å²) >= 11 is 0. The van der Waals surface area contributed by atoms with Crippen LogP contribution in [0.25, 0.3) is 0 Å². The Morgan fingerprint density at radius 1 is 1.16 bits per heavy atom. The number of hydrogen-bond donors (Lipinski definition) is 3. The molecule has 0 saturated carbocycles. The van der Waals surface area contributed by atoms with Crippen molar-refractivity contribution in [2.45, 2.75) is 58.1 Å². The van der Waals surface area contributed by atoms with E-state index in [9.17, 15) is 10.2 Å². The number of benzene rings is 1. The number of hydrogen-bond acceptors (Lipinski definition) is 3. The topological polar surface area (TPSA) is 52.5 Å². The first-order valence-corrected chi connectivity index (χ1v) is 7.22. The second-order valence-corrected chi connectivity index (χ2v) is 5.42. The molecule has 0 bridgehead atoms. The zero-order valence-corrected chi connectivity index (χ0v) is 12.3. The van der Waals surface area contributed by atoms with Crippen LogP contribution < -0.4 is 5.32 Å². The number of aryl methyl sites for hydroxylation is 1. The van der Waals surface area contributed by atoms with Gasteiger partial charge in [-0.3, -0.25) is 0 Å². The highest BCUT2D eigenvalue weighted by molar-refractivity contribution is 5.25. The fourth-order valence-electron chi connectivity index (χ4n) is 2.01. The maximum atomic E-state index is 10.2. The summed E-state index contributed by atoms with van der Waals surface area (Å²) in [5.41, 5.74) is 0.653. The summed E-state index contributed by atoms with van der Waals surface area (Å²) in [7, 11) is 0. The average molecular weight is 265 g/mol. The average Bonchev–Trinajstić information content (AvgIpc) is 2.44. The lowest BCUT2D eigenvalue weighted by atomic mass is 9.97. The van der Waals surface area contributed by atoms with E-state index in [4.69, 9.17) is 0 Å². The third-order valence-electron chi connectivity index (χ3n) is 3.90. The Balaban J connectivity index is 2.31. The Hall–Kier alpha value is -1.06. The number of aromatic hydroxyl groups is 1. The van der Waals surface area contributed by atoms with Crippen molar-refractivity contribution in [3.05, 3.63) is 29.8 Å². The zero-order valence-electron chi connectivity index (χ0n) is 12.3. The standard InChI is InChI=1S/C16H27NO2/c1-4-16(19,5-2)12-17-13(3)6-7-14-8-10-15(18)11-9-14/h8-11,13,17-19H,4-7,12H2,1-3H3. The highest BCUT2D eigenvalue weighted by atomic mass is 16.3. The molecule has 0 aliphatic carbocycles. The number of nitrogens with one attached hydrogen (secondary N) is 1. The van der Waals surface area contributed by atoms with Crippen LogP contribution in [0.2, 0.25) is 0 Å². The lowest BCUT2D eigenvalue weighted by Gasteiger charge is -2.27. The SMILES string of the molecule is CCC(O)(CC)CNC(C)CCc1ccc(O)cc1. The monoisotopic (exact) mass is 265 g/mol. The van der Waals surface area contributed by atoms with Crippen LogP contribution in [0.4, 0.5) is 0 Å². The first-order valence-electron chi connectivity index (χ1n) is 7.22. The number of aliphatic hydroxyl groups is 1. The maximum absolute atomic E-state index is 10.2. The van der Waals surface area contributed by atoms with Gasteiger partial charge in [-0.05, 0) is 50.3 Å². The first kappa shape index (κ1) is 16.0. The van der Waals surface area contributed by atoms with E-state index < -0.39 is 5.60 Å². The van der Waals surface area contributed by atoms with E-state index in [-0.39, 0.29) is 0 Å². The Morgan fingerprint density at radius 2 is 1.74 bits per heavy atom. The Kier molecular flexibility index (Phi) is 6.32. The van der Waals surface area contributed by atoms with E-state index in [0.717, 1.165) is 25.7 Å². The number of rotatable bonds is 8. The van der Waals surface area contributed by atoms with Gasteiger partial charge in [0, 0.05) is 12.6 Å². The minimum atomic E-state index is -0.577. The van der Waals surface area contributed by atoms with Crippen LogP contribution in [-0.2, 0) is 6.42 Å². The Morgan fingerprint density at radius 3 is 2.26 bits per heavy atom. The van der Waals surface area contributed by atoms with Crippen molar-refractivity contribution < 1.29 is 10.2 Å². The van der Waals surface area contributed by atoms with Gasteiger partial charge >= 0.3 is 0 Å². The van der Waals surface area contributed by atoms with Crippen molar-refractivity contribution in [1.82, 2.24) is 5.32 Å². The van der Waals surface area contributed by atoms with Gasteiger partial charge in [0.2, 0.25) is 0 Å². The van der Waals surface area contributed by atoms with Crippen LogP contribution in [-0.4, -0.2) is 28.4 Å². The van der Waals surface area contributed by atoms with E-state index in [2.05, 4.69) is 12.2 Å². The van der Waals surface area contributed by atoms with Gasteiger partial charge in [-0.2, -0.15) is 0 Å². The van der Waals surface area contributed by atoms with Gasteiger partial charge < -0.3 is 15.5 Å². The van der Waals surface area contributed by atoms with Gasteiger partial charge in [-0.25, -0.2) is 0 Å². The second-order valence-electron chi connectivity index (χ2n) is 5.42. The summed E-state index contributed by atoms with van der Waals surface area (Å²) in [6.07, 6.45) is 3.56. The molecule has 3 heteroatoms. The summed E-state index contributed by atoms with van der Waals surface area (Å²) in [5, 5.41) is 22.8. The Labute approximate surface area is 116 Å². The molecule has 19 heavy (non-hydrogen) atoms. The maximum Gasteiger partial charge on any atom is 0.115 e. The van der Waals surface area contributed by atoms with Crippen molar-refractivity contribution in [3.63, 3.8) is 0 Å². The normalized spacial score (nSPS) is 13.5. The molecular formula is C16H27NO2. The summed E-state index contributed by atoms with van der Waals surface area (Å²) < 4.78 is 0. The second kappa shape index (κ2) is 7.51. The van der Waals surface area contributed by atoms with Gasteiger partial charge in [0.05, 0.1) is 5.60 Å². The fraction of sp³-hybridized carbons (Fsp3) is 0.625. The number of phenolic OH excluding ortho intramolecular Hbond substituents is 1. The molecule has 1 aromatic carbocycles. The minimum Gasteiger partial charge on any atom is -0.508 e. The third-order valence-corrected chi connectivity index (χ3v) is 3.90. The molecule has 1 atom stereocenters. The van der Waals surface area contributed by atoms with Crippen molar-refractivity contribution in [3.8, 4) is 5.75 Å². The Bertz CT molecular complexity index is 358. The molecule has 0 saturated heterocycles. The smallest absolute Gasteiger partial charge is 0.115 e. The van der Waals surface area contributed by atoms with Gasteiger partial charge in [0.25, 0.3) is 0 Å². The molecule has 0 heterocycles. The van der Waals surface area contributed by atoms with E-state index in [1.54, 1.807) is 12.1 Å². The molecule has 0 aliphatic heterocycles. The molecule has 3 nitrogen and oxygen atoms in total. The molecular weight excluding hydrogens is 238 g/mol. The molecule has 0 aromatic heterocycles. The molecule has 1 rings (SSSR count). The predicted octanol–water partition coefficient (Wildman–Crippen LogP) is 2.85. The summed E-state index contributed by atoms with van der Waals surface area (Å²) in [5.74, 6) is 0.311. The highest BCUT2D eigenvalue weighted by Crippen LogP contribution is 2.14. The minimum absolute atomic E-state index is 0.311. The highest BCUT2D eigenvalue weighted by Gasteiger charge is 2.22. The van der Waals surface area contributed by atoms with Crippen LogP contribution in [0.5, 0.6) is 5.75 Å². The van der Waals surface area contributed by atoms with Crippen LogP contribution >= 0.6 is 0 Å². The van der Waals surface area contributed by atoms with Gasteiger partial charge in [0.15, 0.2) is 0 Å². The zero-order chi connectivity index (χ0) is 14.3. The van der Waals surface area contributed by atoms with Gasteiger partial charge in [-0.1, -0.05) is 26.0 Å². The molecule has 0 fully saturated rings. The van der Waals surface area contributed by atoms with E-state index in [0.29, 0.717) is 18.3 Å². The molecule has 0 amide bonds. The lowest BCUT2D eigenvalue weighted by Crippen LogP contribution is -2.43. The molecule has 0 radical (unpaired) electrons.